The highest BCUT2D eigenvalue weighted by Crippen LogP contribution is 2.38. The monoisotopic (exact) mass is 505 g/mol. The molecule has 36 heavy (non-hydrogen) atoms. The molecule has 0 spiro atoms. The van der Waals surface area contributed by atoms with Crippen molar-refractivity contribution in [2.45, 2.75) is 71.4 Å². The quantitative estimate of drug-likeness (QED) is 0.428. The predicted octanol–water partition coefficient (Wildman–Crippen LogP) is 5.77. The topological polar surface area (TPSA) is 65.5 Å². The number of aliphatic hydroxyl groups excluding tert-OH is 1. The van der Waals surface area contributed by atoms with Crippen molar-refractivity contribution in [3.8, 4) is 0 Å². The Hall–Kier alpha value is -2.28. The first-order chi connectivity index (χ1) is 17.3. The molecule has 1 amide bonds. The molecule has 5 nitrogen and oxygen atoms in total. The highest BCUT2D eigenvalue weighted by molar-refractivity contribution is 7.20. The molecule has 0 saturated carbocycles. The largest absolute Gasteiger partial charge is 0.395 e. The molecule has 0 unspecified atom stereocenters. The maximum atomic E-state index is 13.4. The summed E-state index contributed by atoms with van der Waals surface area (Å²) in [5, 5.41) is 14.1. The number of thiophene rings is 1. The second-order valence-corrected chi connectivity index (χ2v) is 12.7. The van der Waals surface area contributed by atoms with Crippen LogP contribution in [-0.2, 0) is 12.8 Å². The summed E-state index contributed by atoms with van der Waals surface area (Å²) in [7, 11) is 0. The van der Waals surface area contributed by atoms with Crippen LogP contribution in [0.25, 0.3) is 10.2 Å². The van der Waals surface area contributed by atoms with E-state index in [9.17, 15) is 9.90 Å². The Bertz CT molecular complexity index is 1200. The molecule has 2 aliphatic rings. The van der Waals surface area contributed by atoms with Gasteiger partial charge in [0, 0.05) is 23.7 Å². The van der Waals surface area contributed by atoms with Gasteiger partial charge in [0.05, 0.1) is 17.5 Å². The van der Waals surface area contributed by atoms with Crippen molar-refractivity contribution in [1.82, 2.24) is 15.2 Å². The molecule has 1 aliphatic heterocycles. The number of nitrogens with zero attached hydrogens (tertiary/aromatic N) is 2. The van der Waals surface area contributed by atoms with Crippen LogP contribution in [0.3, 0.4) is 0 Å². The van der Waals surface area contributed by atoms with Gasteiger partial charge in [-0.1, -0.05) is 51.1 Å². The van der Waals surface area contributed by atoms with E-state index in [2.05, 4.69) is 49.2 Å². The average molecular weight is 506 g/mol. The first-order valence-corrected chi connectivity index (χ1v) is 14.3. The molecule has 0 radical (unpaired) electrons. The molecule has 2 aromatic heterocycles. The number of rotatable bonds is 7. The maximum Gasteiger partial charge on any atom is 0.261 e. The van der Waals surface area contributed by atoms with Gasteiger partial charge in [0.2, 0.25) is 0 Å². The van der Waals surface area contributed by atoms with Crippen molar-refractivity contribution in [2.24, 2.45) is 11.3 Å². The molecule has 5 rings (SSSR count). The highest BCUT2D eigenvalue weighted by Gasteiger charge is 2.30. The second kappa shape index (κ2) is 10.6. The number of pyridine rings is 1. The Morgan fingerprint density at radius 1 is 1.22 bits per heavy atom. The van der Waals surface area contributed by atoms with E-state index in [0.29, 0.717) is 11.3 Å². The Morgan fingerprint density at radius 2 is 2.03 bits per heavy atom. The van der Waals surface area contributed by atoms with E-state index < -0.39 is 0 Å². The third kappa shape index (κ3) is 5.51. The van der Waals surface area contributed by atoms with Crippen LogP contribution in [-0.4, -0.2) is 46.6 Å². The molecule has 1 aromatic carbocycles. The van der Waals surface area contributed by atoms with Crippen molar-refractivity contribution in [3.05, 3.63) is 64.2 Å². The van der Waals surface area contributed by atoms with Crippen LogP contribution in [0.5, 0.6) is 0 Å². The number of carbonyl (C=O) groups excluding carboxylic acids is 1. The van der Waals surface area contributed by atoms with Gasteiger partial charge < -0.3 is 10.4 Å². The van der Waals surface area contributed by atoms with Crippen molar-refractivity contribution in [1.29, 1.82) is 0 Å². The summed E-state index contributed by atoms with van der Waals surface area (Å²) in [5.41, 5.74) is 3.98. The number of fused-ring (bicyclic) bond motifs is 2. The lowest BCUT2D eigenvalue weighted by molar-refractivity contribution is 0.0931. The molecule has 0 bridgehead atoms. The highest BCUT2D eigenvalue weighted by atomic mass is 32.1. The van der Waals surface area contributed by atoms with Crippen molar-refractivity contribution in [2.75, 3.05) is 19.7 Å². The van der Waals surface area contributed by atoms with E-state index >= 15 is 0 Å². The van der Waals surface area contributed by atoms with Gasteiger partial charge in [0.15, 0.2) is 0 Å². The zero-order valence-corrected chi connectivity index (χ0v) is 22.6. The van der Waals surface area contributed by atoms with E-state index in [0.717, 1.165) is 65.9 Å². The van der Waals surface area contributed by atoms with Gasteiger partial charge in [-0.3, -0.25) is 9.69 Å². The lowest BCUT2D eigenvalue weighted by Crippen LogP contribution is -2.36. The van der Waals surface area contributed by atoms with Crippen LogP contribution in [0.4, 0.5) is 0 Å². The molecule has 1 saturated heterocycles. The normalized spacial score (nSPS) is 21.4. The minimum absolute atomic E-state index is 0.0301. The standard InChI is InChI=1S/C30H39N3O2S/c1-30(2,3)23-11-12-25-21(17-23)16-22-18-27(36-29(22)32-25)28(35)31-26(20-8-5-4-6-9-20)13-15-33-14-7-10-24(33)19-34/h4-6,8-9,16,18,23-24,26,34H,7,10-15,17,19H2,1-3H3,(H,31,35)/t23-,24-,26+/m0/s1. The van der Waals surface area contributed by atoms with Crippen LogP contribution >= 0.6 is 11.3 Å². The lowest BCUT2D eigenvalue weighted by atomic mass is 9.71. The van der Waals surface area contributed by atoms with Crippen molar-refractivity contribution < 1.29 is 9.90 Å². The summed E-state index contributed by atoms with van der Waals surface area (Å²) in [6.45, 7) is 9.08. The SMILES string of the molecule is CC(C)(C)[C@H]1CCc2nc3sc(C(=O)N[C@H](CCN4CCC[C@H]4CO)c4ccccc4)cc3cc2C1. The summed E-state index contributed by atoms with van der Waals surface area (Å²) >= 11 is 1.50. The minimum Gasteiger partial charge on any atom is -0.395 e. The Balaban J connectivity index is 1.33. The first kappa shape index (κ1) is 25.4. The number of aryl methyl sites for hydroxylation is 1. The Kier molecular flexibility index (Phi) is 7.47. The van der Waals surface area contributed by atoms with Gasteiger partial charge in [-0.05, 0) is 79.7 Å². The van der Waals surface area contributed by atoms with E-state index in [-0.39, 0.29) is 24.6 Å². The summed E-state index contributed by atoms with van der Waals surface area (Å²) in [6, 6.07) is 14.7. The van der Waals surface area contributed by atoms with Crippen LogP contribution < -0.4 is 5.32 Å². The van der Waals surface area contributed by atoms with Crippen LogP contribution in [0, 0.1) is 11.3 Å². The summed E-state index contributed by atoms with van der Waals surface area (Å²) in [5.74, 6) is 0.635. The van der Waals surface area contributed by atoms with Gasteiger partial charge >= 0.3 is 0 Å². The van der Waals surface area contributed by atoms with Crippen molar-refractivity contribution in [3.63, 3.8) is 0 Å². The summed E-state index contributed by atoms with van der Waals surface area (Å²) in [6.07, 6.45) is 6.27. The molecule has 3 aromatic rings. The minimum atomic E-state index is -0.0717. The molecule has 3 atom stereocenters. The van der Waals surface area contributed by atoms with Gasteiger partial charge in [-0.25, -0.2) is 4.98 Å². The predicted molar refractivity (Wildman–Crippen MR) is 148 cm³/mol. The molecule has 3 heterocycles. The fourth-order valence-corrected chi connectivity index (χ4v) is 6.84. The van der Waals surface area contributed by atoms with Gasteiger partial charge in [0.25, 0.3) is 5.91 Å². The number of carbonyl (C=O) groups is 1. The van der Waals surface area contributed by atoms with Crippen LogP contribution in [0.1, 0.15) is 79.0 Å². The van der Waals surface area contributed by atoms with Crippen molar-refractivity contribution >= 4 is 27.5 Å². The molecule has 192 valence electrons. The molecular weight excluding hydrogens is 466 g/mol. The number of likely N-dealkylation sites (tertiary alicyclic amines) is 1. The number of aromatic nitrogens is 1. The van der Waals surface area contributed by atoms with Crippen LogP contribution in [0.2, 0.25) is 0 Å². The van der Waals surface area contributed by atoms with Gasteiger partial charge in [-0.15, -0.1) is 11.3 Å². The molecule has 2 N–H and O–H groups in total. The smallest absolute Gasteiger partial charge is 0.261 e. The third-order valence-electron chi connectivity index (χ3n) is 8.24. The Labute approximate surface area is 218 Å². The number of hydrogen-bond acceptors (Lipinski definition) is 5. The van der Waals surface area contributed by atoms with Gasteiger partial charge in [-0.2, -0.15) is 0 Å². The number of nitrogens with one attached hydrogen (secondary N) is 1. The third-order valence-corrected chi connectivity index (χ3v) is 9.29. The van der Waals surface area contributed by atoms with Crippen LogP contribution in [0.15, 0.2) is 42.5 Å². The molecule has 1 aliphatic carbocycles. The zero-order valence-electron chi connectivity index (χ0n) is 21.8. The number of benzene rings is 1. The summed E-state index contributed by atoms with van der Waals surface area (Å²) < 4.78 is 0. The zero-order chi connectivity index (χ0) is 25.3. The fourth-order valence-electron chi connectivity index (χ4n) is 5.90. The maximum absolute atomic E-state index is 13.4. The second-order valence-electron chi connectivity index (χ2n) is 11.6. The van der Waals surface area contributed by atoms with E-state index in [1.165, 1.54) is 29.0 Å². The van der Waals surface area contributed by atoms with Gasteiger partial charge in [0.1, 0.15) is 4.83 Å². The Morgan fingerprint density at radius 3 is 2.78 bits per heavy atom. The first-order valence-electron chi connectivity index (χ1n) is 13.4. The molecular formula is C30H39N3O2S. The number of amides is 1. The average Bonchev–Trinajstić information content (AvgIpc) is 3.50. The number of hydrogen-bond donors (Lipinski definition) is 2. The fraction of sp³-hybridized carbons (Fsp3) is 0.533. The van der Waals surface area contributed by atoms with E-state index in [4.69, 9.17) is 4.98 Å². The lowest BCUT2D eigenvalue weighted by Gasteiger charge is -2.34. The van der Waals surface area contributed by atoms with E-state index in [1.807, 2.05) is 24.3 Å². The van der Waals surface area contributed by atoms with E-state index in [1.54, 1.807) is 0 Å². The molecule has 1 fully saturated rings. The summed E-state index contributed by atoms with van der Waals surface area (Å²) in [4.78, 5) is 22.5. The number of aliphatic hydroxyl groups is 1. The molecule has 6 heteroatoms.